The minimum atomic E-state index is -0.155. The zero-order valence-corrected chi connectivity index (χ0v) is 15.5. The second-order valence-corrected chi connectivity index (χ2v) is 6.30. The summed E-state index contributed by atoms with van der Waals surface area (Å²) in [5, 5.41) is 4.60. The molecule has 0 fully saturated rings. The average molecular weight is 371 g/mol. The predicted molar refractivity (Wildman–Crippen MR) is 99.9 cm³/mol. The van der Waals surface area contributed by atoms with Crippen LogP contribution < -0.4 is 4.74 Å². The fraction of sp³-hybridized carbons (Fsp3) is 0.211. The Morgan fingerprint density at radius 3 is 2.58 bits per heavy atom. The number of rotatable bonds is 5. The van der Waals surface area contributed by atoms with Gasteiger partial charge in [-0.3, -0.25) is 4.79 Å². The summed E-state index contributed by atoms with van der Waals surface area (Å²) in [7, 11) is 3.30. The second kappa shape index (κ2) is 7.58. The number of hydrogen-bond acceptors (Lipinski definition) is 4. The number of aromatic nitrogens is 3. The Morgan fingerprint density at radius 2 is 1.96 bits per heavy atom. The fourth-order valence-corrected chi connectivity index (χ4v) is 2.86. The van der Waals surface area contributed by atoms with Crippen LogP contribution in [-0.2, 0) is 0 Å². The third kappa shape index (κ3) is 3.55. The van der Waals surface area contributed by atoms with Crippen molar-refractivity contribution < 1.29 is 9.53 Å². The number of nitrogens with zero attached hydrogens (tertiary/aromatic N) is 4. The number of carbonyl (C=O) groups excluding carboxylic acids is 1. The molecule has 6 nitrogen and oxygen atoms in total. The Morgan fingerprint density at radius 1 is 1.23 bits per heavy atom. The number of carbonyl (C=O) groups is 1. The van der Waals surface area contributed by atoms with E-state index in [-0.39, 0.29) is 11.9 Å². The van der Waals surface area contributed by atoms with Crippen LogP contribution in [0.5, 0.6) is 5.75 Å². The molecule has 1 aromatic heterocycles. The summed E-state index contributed by atoms with van der Waals surface area (Å²) in [5.74, 6) is 0.345. The van der Waals surface area contributed by atoms with Crippen LogP contribution in [0.1, 0.15) is 28.9 Å². The van der Waals surface area contributed by atoms with Gasteiger partial charge < -0.3 is 9.64 Å². The molecule has 1 heterocycles. The zero-order chi connectivity index (χ0) is 18.7. The molecule has 0 N–H and O–H groups in total. The van der Waals surface area contributed by atoms with Gasteiger partial charge in [-0.25, -0.2) is 9.67 Å². The van der Waals surface area contributed by atoms with E-state index in [0.29, 0.717) is 16.3 Å². The first kappa shape index (κ1) is 17.9. The lowest BCUT2D eigenvalue weighted by Crippen LogP contribution is -2.30. The smallest absolute Gasteiger partial charge is 0.257 e. The van der Waals surface area contributed by atoms with Gasteiger partial charge in [0.1, 0.15) is 18.4 Å². The number of methoxy groups -OCH3 is 1. The van der Waals surface area contributed by atoms with E-state index >= 15 is 0 Å². The van der Waals surface area contributed by atoms with Crippen LogP contribution in [0.4, 0.5) is 0 Å². The van der Waals surface area contributed by atoms with Crippen molar-refractivity contribution in [3.8, 4) is 11.4 Å². The average Bonchev–Trinajstić information content (AvgIpc) is 3.21. The predicted octanol–water partition coefficient (Wildman–Crippen LogP) is 3.76. The van der Waals surface area contributed by atoms with Crippen molar-refractivity contribution in [1.82, 2.24) is 19.7 Å². The van der Waals surface area contributed by atoms with E-state index in [1.165, 1.54) is 13.4 Å². The van der Waals surface area contributed by atoms with E-state index < -0.39 is 0 Å². The molecule has 0 radical (unpaired) electrons. The maximum absolute atomic E-state index is 12.9. The minimum absolute atomic E-state index is 0.129. The Hall–Kier alpha value is -2.86. The van der Waals surface area contributed by atoms with Crippen molar-refractivity contribution >= 4 is 17.5 Å². The molecule has 3 rings (SSSR count). The highest BCUT2D eigenvalue weighted by atomic mass is 35.5. The molecular formula is C19H19ClN4O2. The summed E-state index contributed by atoms with van der Waals surface area (Å²) in [6.45, 7) is 1.97. The van der Waals surface area contributed by atoms with Crippen LogP contribution in [0.15, 0.2) is 55.1 Å². The molecule has 0 saturated heterocycles. The van der Waals surface area contributed by atoms with Crippen LogP contribution >= 0.6 is 11.6 Å². The maximum atomic E-state index is 12.9. The number of ether oxygens (including phenoxy) is 1. The van der Waals surface area contributed by atoms with Crippen LogP contribution in [0, 0.1) is 0 Å². The molecule has 0 saturated carbocycles. The van der Waals surface area contributed by atoms with Gasteiger partial charge in [-0.2, -0.15) is 5.10 Å². The molecule has 3 aromatic rings. The van der Waals surface area contributed by atoms with Crippen molar-refractivity contribution in [2.45, 2.75) is 13.0 Å². The molecular weight excluding hydrogens is 352 g/mol. The van der Waals surface area contributed by atoms with Gasteiger partial charge in [-0.05, 0) is 42.8 Å². The van der Waals surface area contributed by atoms with Crippen LogP contribution in [0.2, 0.25) is 5.02 Å². The first-order chi connectivity index (χ1) is 12.5. The third-order valence-corrected chi connectivity index (χ3v) is 4.59. The molecule has 0 aliphatic rings. The number of hydrogen-bond donors (Lipinski definition) is 0. The molecule has 0 unspecified atom stereocenters. The van der Waals surface area contributed by atoms with Crippen LogP contribution in [-0.4, -0.2) is 39.7 Å². The quantitative estimate of drug-likeness (QED) is 0.686. The first-order valence-corrected chi connectivity index (χ1v) is 8.44. The van der Waals surface area contributed by atoms with Crippen molar-refractivity contribution in [2.24, 2.45) is 0 Å². The van der Waals surface area contributed by atoms with Gasteiger partial charge in [0, 0.05) is 12.1 Å². The molecule has 0 aliphatic heterocycles. The first-order valence-electron chi connectivity index (χ1n) is 8.07. The third-order valence-electron chi connectivity index (χ3n) is 4.35. The van der Waals surface area contributed by atoms with Crippen molar-refractivity contribution in [3.05, 3.63) is 71.3 Å². The largest absolute Gasteiger partial charge is 0.496 e. The lowest BCUT2D eigenvalue weighted by Gasteiger charge is -2.26. The van der Waals surface area contributed by atoms with E-state index in [9.17, 15) is 4.79 Å². The molecule has 134 valence electrons. The van der Waals surface area contributed by atoms with Crippen LogP contribution in [0.25, 0.3) is 5.69 Å². The van der Waals surface area contributed by atoms with Gasteiger partial charge in [0.2, 0.25) is 0 Å². The Labute approximate surface area is 157 Å². The molecule has 1 atom stereocenters. The van der Waals surface area contributed by atoms with Gasteiger partial charge in [-0.15, -0.1) is 0 Å². The normalized spacial score (nSPS) is 11.8. The monoisotopic (exact) mass is 370 g/mol. The van der Waals surface area contributed by atoms with Gasteiger partial charge >= 0.3 is 0 Å². The molecule has 7 heteroatoms. The maximum Gasteiger partial charge on any atom is 0.257 e. The van der Waals surface area contributed by atoms with E-state index in [1.54, 1.807) is 41.2 Å². The fourth-order valence-electron chi connectivity index (χ4n) is 2.68. The number of benzene rings is 2. The summed E-state index contributed by atoms with van der Waals surface area (Å²) in [4.78, 5) is 18.5. The van der Waals surface area contributed by atoms with Crippen molar-refractivity contribution in [3.63, 3.8) is 0 Å². The Bertz CT molecular complexity index is 894. The van der Waals surface area contributed by atoms with E-state index in [0.717, 1.165) is 11.3 Å². The molecule has 1 amide bonds. The SMILES string of the molecule is COc1ccc(Cl)cc1C(=O)N(C)[C@@H](C)c1ccc(-n2cncn2)cc1. The highest BCUT2D eigenvalue weighted by Gasteiger charge is 2.22. The van der Waals surface area contributed by atoms with E-state index in [1.807, 2.05) is 31.2 Å². The van der Waals surface area contributed by atoms with Crippen LogP contribution in [0.3, 0.4) is 0 Å². The molecule has 0 spiro atoms. The number of halogens is 1. The van der Waals surface area contributed by atoms with Gasteiger partial charge in [-0.1, -0.05) is 23.7 Å². The van der Waals surface area contributed by atoms with Gasteiger partial charge in [0.25, 0.3) is 5.91 Å². The molecule has 26 heavy (non-hydrogen) atoms. The topological polar surface area (TPSA) is 60.2 Å². The lowest BCUT2D eigenvalue weighted by molar-refractivity contribution is 0.0739. The van der Waals surface area contributed by atoms with Crippen molar-refractivity contribution in [2.75, 3.05) is 14.2 Å². The lowest BCUT2D eigenvalue weighted by atomic mass is 10.1. The molecule has 0 aliphatic carbocycles. The Balaban J connectivity index is 1.82. The summed E-state index contributed by atoms with van der Waals surface area (Å²) in [6.07, 6.45) is 3.13. The van der Waals surface area contributed by atoms with Crippen molar-refractivity contribution in [1.29, 1.82) is 0 Å². The molecule has 2 aromatic carbocycles. The minimum Gasteiger partial charge on any atom is -0.496 e. The standard InChI is InChI=1S/C19H19ClN4O2/c1-13(14-4-7-16(8-5-14)24-12-21-11-22-24)23(2)19(25)17-10-15(20)6-9-18(17)26-3/h4-13H,1-3H3/t13-/m0/s1. The number of amides is 1. The highest BCUT2D eigenvalue weighted by Crippen LogP contribution is 2.27. The zero-order valence-electron chi connectivity index (χ0n) is 14.8. The van der Waals surface area contributed by atoms with E-state index in [2.05, 4.69) is 10.1 Å². The summed E-state index contributed by atoms with van der Waals surface area (Å²) >= 11 is 6.05. The summed E-state index contributed by atoms with van der Waals surface area (Å²) < 4.78 is 6.97. The van der Waals surface area contributed by atoms with Gasteiger partial charge in [0.05, 0.1) is 24.4 Å². The molecule has 0 bridgehead atoms. The summed E-state index contributed by atoms with van der Waals surface area (Å²) in [5.41, 5.74) is 2.35. The van der Waals surface area contributed by atoms with E-state index in [4.69, 9.17) is 16.3 Å². The summed E-state index contributed by atoms with van der Waals surface area (Å²) in [6, 6.07) is 12.7. The second-order valence-electron chi connectivity index (χ2n) is 5.87. The highest BCUT2D eigenvalue weighted by molar-refractivity contribution is 6.31. The van der Waals surface area contributed by atoms with Gasteiger partial charge in [0.15, 0.2) is 0 Å². The Kier molecular flexibility index (Phi) is 5.23.